The fourth-order valence-corrected chi connectivity index (χ4v) is 2.06. The van der Waals surface area contributed by atoms with Gasteiger partial charge < -0.3 is 10.6 Å². The van der Waals surface area contributed by atoms with E-state index in [1.54, 1.807) is 25.1 Å². The van der Waals surface area contributed by atoms with Gasteiger partial charge in [-0.25, -0.2) is 8.78 Å². The summed E-state index contributed by atoms with van der Waals surface area (Å²) >= 11 is 0. The van der Waals surface area contributed by atoms with Crippen LogP contribution in [0.2, 0.25) is 0 Å². The van der Waals surface area contributed by atoms with Crippen LogP contribution in [0.1, 0.15) is 28.9 Å². The second kappa shape index (κ2) is 7.49. The Morgan fingerprint density at radius 2 is 1.70 bits per heavy atom. The van der Waals surface area contributed by atoms with E-state index in [9.17, 15) is 18.4 Å². The highest BCUT2D eigenvalue weighted by Gasteiger charge is 2.14. The van der Waals surface area contributed by atoms with Gasteiger partial charge in [0.25, 0.3) is 5.91 Å². The lowest BCUT2D eigenvalue weighted by Crippen LogP contribution is -2.38. The lowest BCUT2D eigenvalue weighted by molar-refractivity contribution is -0.120. The van der Waals surface area contributed by atoms with Crippen LogP contribution >= 0.6 is 0 Å². The van der Waals surface area contributed by atoms with Crippen LogP contribution in [-0.2, 0) is 4.79 Å². The molecular formula is C17H16F2N2O2. The quantitative estimate of drug-likeness (QED) is 0.890. The van der Waals surface area contributed by atoms with E-state index in [2.05, 4.69) is 10.6 Å². The highest BCUT2D eigenvalue weighted by Crippen LogP contribution is 2.15. The molecule has 0 aromatic heterocycles. The van der Waals surface area contributed by atoms with Gasteiger partial charge in [0.1, 0.15) is 11.6 Å². The minimum atomic E-state index is -0.522. The molecular weight excluding hydrogens is 302 g/mol. The molecule has 1 atom stereocenters. The fourth-order valence-electron chi connectivity index (χ4n) is 2.06. The van der Waals surface area contributed by atoms with Crippen molar-refractivity contribution in [3.05, 3.63) is 71.3 Å². The number of hydrogen-bond donors (Lipinski definition) is 2. The van der Waals surface area contributed by atoms with Crippen molar-refractivity contribution in [1.82, 2.24) is 10.6 Å². The molecule has 2 amide bonds. The summed E-state index contributed by atoms with van der Waals surface area (Å²) in [5, 5.41) is 5.02. The molecule has 0 aliphatic heterocycles. The molecule has 2 aromatic carbocycles. The van der Waals surface area contributed by atoms with E-state index in [0.717, 1.165) is 12.1 Å². The number of carbonyl (C=O) groups excluding carboxylic acids is 2. The van der Waals surface area contributed by atoms with Crippen molar-refractivity contribution in [2.75, 3.05) is 6.54 Å². The van der Waals surface area contributed by atoms with Gasteiger partial charge in [-0.1, -0.05) is 18.2 Å². The highest BCUT2D eigenvalue weighted by molar-refractivity contribution is 5.96. The molecule has 0 fully saturated rings. The molecule has 6 heteroatoms. The van der Waals surface area contributed by atoms with Crippen molar-refractivity contribution < 1.29 is 18.4 Å². The van der Waals surface area contributed by atoms with Crippen LogP contribution < -0.4 is 10.6 Å². The first kappa shape index (κ1) is 16.6. The summed E-state index contributed by atoms with van der Waals surface area (Å²) in [6, 6.07) is 10.6. The third kappa shape index (κ3) is 4.60. The third-order valence-corrected chi connectivity index (χ3v) is 3.27. The molecule has 120 valence electrons. The topological polar surface area (TPSA) is 58.2 Å². The molecule has 2 rings (SSSR count). The van der Waals surface area contributed by atoms with Gasteiger partial charge in [0.15, 0.2) is 0 Å². The second-order valence-electron chi connectivity index (χ2n) is 5.00. The number of hydrogen-bond acceptors (Lipinski definition) is 2. The summed E-state index contributed by atoms with van der Waals surface area (Å²) < 4.78 is 26.4. The Balaban J connectivity index is 1.86. The molecule has 1 unspecified atom stereocenters. The monoisotopic (exact) mass is 318 g/mol. The van der Waals surface area contributed by atoms with Crippen molar-refractivity contribution >= 4 is 11.8 Å². The molecule has 0 bridgehead atoms. The predicted molar refractivity (Wildman–Crippen MR) is 81.7 cm³/mol. The number of nitrogens with one attached hydrogen (secondary N) is 2. The Bertz CT molecular complexity index is 702. The van der Waals surface area contributed by atoms with Gasteiger partial charge in [-0.05, 0) is 37.3 Å². The summed E-state index contributed by atoms with van der Waals surface area (Å²) in [5.74, 6) is -1.79. The first-order valence-corrected chi connectivity index (χ1v) is 7.05. The molecule has 0 heterocycles. The molecule has 2 aromatic rings. The minimum Gasteiger partial charge on any atom is -0.348 e. The van der Waals surface area contributed by atoms with Crippen LogP contribution in [-0.4, -0.2) is 18.4 Å². The summed E-state index contributed by atoms with van der Waals surface area (Å²) in [6.45, 7) is 1.40. The van der Waals surface area contributed by atoms with E-state index >= 15 is 0 Å². The Kier molecular flexibility index (Phi) is 5.41. The number of amides is 2. The third-order valence-electron chi connectivity index (χ3n) is 3.27. The zero-order valence-corrected chi connectivity index (χ0v) is 12.5. The molecule has 0 saturated carbocycles. The molecule has 0 saturated heterocycles. The summed E-state index contributed by atoms with van der Waals surface area (Å²) in [6.07, 6.45) is 0. The van der Waals surface area contributed by atoms with E-state index in [1.807, 2.05) is 0 Å². The van der Waals surface area contributed by atoms with Crippen molar-refractivity contribution in [3.8, 4) is 0 Å². The SMILES string of the molecule is CC(NC(=O)CNC(=O)c1ccc(F)cc1)c1ccccc1F. The predicted octanol–water partition coefficient (Wildman–Crippen LogP) is 2.57. The number of benzene rings is 2. The van der Waals surface area contributed by atoms with Crippen LogP contribution in [0.15, 0.2) is 48.5 Å². The maximum atomic E-state index is 13.6. The molecule has 0 aliphatic rings. The average Bonchev–Trinajstić information content (AvgIpc) is 2.53. The van der Waals surface area contributed by atoms with Crippen LogP contribution in [0.3, 0.4) is 0 Å². The molecule has 0 radical (unpaired) electrons. The standard InChI is InChI=1S/C17H16F2N2O2/c1-11(14-4-2-3-5-15(14)19)21-16(22)10-20-17(23)12-6-8-13(18)9-7-12/h2-9,11H,10H2,1H3,(H,20,23)(H,21,22). The van der Waals surface area contributed by atoms with Gasteiger partial charge in [-0.3, -0.25) is 9.59 Å². The van der Waals surface area contributed by atoms with E-state index in [-0.39, 0.29) is 12.1 Å². The lowest BCUT2D eigenvalue weighted by Gasteiger charge is -2.15. The Labute approximate surface area is 132 Å². The van der Waals surface area contributed by atoms with Crippen molar-refractivity contribution in [2.45, 2.75) is 13.0 Å². The van der Waals surface area contributed by atoms with Gasteiger partial charge in [-0.2, -0.15) is 0 Å². The fraction of sp³-hybridized carbons (Fsp3) is 0.176. The van der Waals surface area contributed by atoms with Crippen LogP contribution in [0, 0.1) is 11.6 Å². The summed E-state index contributed by atoms with van der Waals surface area (Å²) in [7, 11) is 0. The van der Waals surface area contributed by atoms with Crippen LogP contribution in [0.5, 0.6) is 0 Å². The Morgan fingerprint density at radius 3 is 2.35 bits per heavy atom. The molecule has 2 N–H and O–H groups in total. The van der Waals surface area contributed by atoms with Gasteiger partial charge in [-0.15, -0.1) is 0 Å². The molecule has 4 nitrogen and oxygen atoms in total. The van der Waals surface area contributed by atoms with Gasteiger partial charge in [0.2, 0.25) is 5.91 Å². The Hall–Kier alpha value is -2.76. The lowest BCUT2D eigenvalue weighted by atomic mass is 10.1. The summed E-state index contributed by atoms with van der Waals surface area (Å²) in [5.41, 5.74) is 0.618. The smallest absolute Gasteiger partial charge is 0.251 e. The van der Waals surface area contributed by atoms with E-state index in [1.165, 1.54) is 18.2 Å². The number of carbonyl (C=O) groups is 2. The normalized spacial score (nSPS) is 11.6. The van der Waals surface area contributed by atoms with Crippen molar-refractivity contribution in [2.24, 2.45) is 0 Å². The zero-order chi connectivity index (χ0) is 16.8. The van der Waals surface area contributed by atoms with E-state index in [0.29, 0.717) is 5.56 Å². The number of rotatable bonds is 5. The second-order valence-corrected chi connectivity index (χ2v) is 5.00. The maximum absolute atomic E-state index is 13.6. The van der Waals surface area contributed by atoms with E-state index < -0.39 is 29.5 Å². The highest BCUT2D eigenvalue weighted by atomic mass is 19.1. The van der Waals surface area contributed by atoms with Crippen LogP contribution in [0.4, 0.5) is 8.78 Å². The first-order chi connectivity index (χ1) is 11.0. The number of halogens is 2. The van der Waals surface area contributed by atoms with Gasteiger partial charge >= 0.3 is 0 Å². The Morgan fingerprint density at radius 1 is 1.04 bits per heavy atom. The summed E-state index contributed by atoms with van der Waals surface area (Å²) in [4.78, 5) is 23.6. The van der Waals surface area contributed by atoms with Crippen LogP contribution in [0.25, 0.3) is 0 Å². The molecule has 0 aliphatic carbocycles. The van der Waals surface area contributed by atoms with Gasteiger partial charge in [0.05, 0.1) is 12.6 Å². The molecule has 23 heavy (non-hydrogen) atoms. The largest absolute Gasteiger partial charge is 0.348 e. The van der Waals surface area contributed by atoms with Crippen molar-refractivity contribution in [3.63, 3.8) is 0 Å². The minimum absolute atomic E-state index is 0.251. The first-order valence-electron chi connectivity index (χ1n) is 7.05. The average molecular weight is 318 g/mol. The molecule has 0 spiro atoms. The van der Waals surface area contributed by atoms with Gasteiger partial charge in [0, 0.05) is 11.1 Å². The zero-order valence-electron chi connectivity index (χ0n) is 12.5. The van der Waals surface area contributed by atoms with Crippen molar-refractivity contribution in [1.29, 1.82) is 0 Å². The van der Waals surface area contributed by atoms with E-state index in [4.69, 9.17) is 0 Å². The maximum Gasteiger partial charge on any atom is 0.251 e.